The van der Waals surface area contributed by atoms with Crippen molar-refractivity contribution in [2.75, 3.05) is 24.6 Å². The predicted molar refractivity (Wildman–Crippen MR) is 209 cm³/mol. The van der Waals surface area contributed by atoms with Gasteiger partial charge in [0.2, 0.25) is 0 Å². The van der Waals surface area contributed by atoms with Crippen LogP contribution in [0.3, 0.4) is 0 Å². The van der Waals surface area contributed by atoms with Gasteiger partial charge in [-0.25, -0.2) is 8.78 Å². The van der Waals surface area contributed by atoms with Crippen LogP contribution < -0.4 is 9.64 Å². The molecule has 1 aromatic heterocycles. The monoisotopic (exact) mass is 742 g/mol. The van der Waals surface area contributed by atoms with Crippen LogP contribution in [0.15, 0.2) is 107 Å². The summed E-state index contributed by atoms with van der Waals surface area (Å²) in [5.41, 5.74) is 1.61. The third kappa shape index (κ3) is 9.32. The first-order valence-corrected chi connectivity index (χ1v) is 18.5. The summed E-state index contributed by atoms with van der Waals surface area (Å²) in [7, 11) is 0. The first kappa shape index (κ1) is 39.2. The molecule has 1 aliphatic rings. The molecule has 274 valence electrons. The molecule has 0 saturated carbocycles. The van der Waals surface area contributed by atoms with Crippen LogP contribution in [-0.4, -0.2) is 24.8 Å². The second kappa shape index (κ2) is 18.7. The van der Waals surface area contributed by atoms with Gasteiger partial charge in [-0.05, 0) is 86.4 Å². The highest BCUT2D eigenvalue weighted by Gasteiger charge is 2.44. The molecule has 1 N–H and O–H groups in total. The van der Waals surface area contributed by atoms with Crippen LogP contribution >= 0.6 is 11.3 Å². The zero-order valence-corrected chi connectivity index (χ0v) is 31.0. The maximum Gasteiger partial charge on any atom is 0.172 e. The molecule has 2 heterocycles. The Balaban J connectivity index is 1.45. The number of rotatable bonds is 16. The van der Waals surface area contributed by atoms with Gasteiger partial charge in [0.25, 0.3) is 0 Å². The van der Waals surface area contributed by atoms with Gasteiger partial charge in [-0.1, -0.05) is 55.8 Å². The van der Waals surface area contributed by atoms with E-state index < -0.39 is 22.8 Å². The molecule has 0 bridgehead atoms. The third-order valence-corrected chi connectivity index (χ3v) is 10.1. The van der Waals surface area contributed by atoms with Gasteiger partial charge in [0, 0.05) is 57.9 Å². The van der Waals surface area contributed by atoms with Gasteiger partial charge in [-0.3, -0.25) is 0 Å². The number of ether oxygens (including phenoxy) is 2. The SMILES string of the molecule is CCCCN(CCCCO)c1ccc(/C=C/c2ccc(/C=C/C3=C(C#N)C(=C(C#N)C#N)OC3(C)c3ccc(F)c(F)c3)s2)c(OCc2ccccc2)c1. The molecule has 0 amide bonds. The second-order valence-electron chi connectivity index (χ2n) is 12.8. The van der Waals surface area contributed by atoms with E-state index in [0.717, 1.165) is 83.2 Å². The van der Waals surface area contributed by atoms with Crippen molar-refractivity contribution in [1.29, 1.82) is 15.8 Å². The quantitative estimate of drug-likeness (QED) is 0.0898. The lowest BCUT2D eigenvalue weighted by Gasteiger charge is -2.27. The van der Waals surface area contributed by atoms with E-state index in [1.807, 2.05) is 60.7 Å². The molecule has 0 aliphatic carbocycles. The summed E-state index contributed by atoms with van der Waals surface area (Å²) in [6.45, 7) is 6.09. The van der Waals surface area contributed by atoms with Crippen LogP contribution in [0.2, 0.25) is 0 Å². The lowest BCUT2D eigenvalue weighted by Crippen LogP contribution is -2.25. The maximum atomic E-state index is 14.4. The van der Waals surface area contributed by atoms with Crippen molar-refractivity contribution in [3.8, 4) is 24.0 Å². The molecule has 0 saturated heterocycles. The van der Waals surface area contributed by atoms with E-state index in [-0.39, 0.29) is 23.5 Å². The number of allylic oxidation sites excluding steroid dienone is 2. The fraction of sp³-hybridized carbons (Fsp3) is 0.250. The van der Waals surface area contributed by atoms with E-state index in [4.69, 9.17) is 9.47 Å². The Kier molecular flexibility index (Phi) is 13.6. The van der Waals surface area contributed by atoms with Crippen LogP contribution in [0.1, 0.15) is 66.0 Å². The van der Waals surface area contributed by atoms with Crippen LogP contribution in [0, 0.1) is 45.6 Å². The Labute approximate surface area is 319 Å². The Morgan fingerprint density at radius 1 is 0.870 bits per heavy atom. The summed E-state index contributed by atoms with van der Waals surface area (Å²) in [6.07, 6.45) is 11.2. The van der Waals surface area contributed by atoms with Gasteiger partial charge in [0.05, 0.1) is 0 Å². The second-order valence-corrected chi connectivity index (χ2v) is 13.9. The smallest absolute Gasteiger partial charge is 0.172 e. The average molecular weight is 743 g/mol. The zero-order valence-electron chi connectivity index (χ0n) is 30.2. The van der Waals surface area contributed by atoms with Gasteiger partial charge >= 0.3 is 0 Å². The summed E-state index contributed by atoms with van der Waals surface area (Å²) >= 11 is 1.49. The Morgan fingerprint density at radius 2 is 1.59 bits per heavy atom. The number of aliphatic hydroxyl groups is 1. The number of halogens is 2. The van der Waals surface area contributed by atoms with E-state index in [2.05, 4.69) is 30.0 Å². The van der Waals surface area contributed by atoms with Crippen molar-refractivity contribution in [2.24, 2.45) is 0 Å². The van der Waals surface area contributed by atoms with Gasteiger partial charge in [0.15, 0.2) is 28.6 Å². The number of thiophene rings is 1. The van der Waals surface area contributed by atoms with Crippen molar-refractivity contribution in [3.05, 3.63) is 145 Å². The molecule has 0 spiro atoms. The third-order valence-electron chi connectivity index (χ3n) is 9.06. The summed E-state index contributed by atoms with van der Waals surface area (Å²) in [5.74, 6) is -1.60. The first-order valence-electron chi connectivity index (χ1n) is 17.7. The van der Waals surface area contributed by atoms with Gasteiger partial charge < -0.3 is 19.5 Å². The van der Waals surface area contributed by atoms with Crippen molar-refractivity contribution < 1.29 is 23.4 Å². The topological polar surface area (TPSA) is 113 Å². The summed E-state index contributed by atoms with van der Waals surface area (Å²) in [4.78, 5) is 4.12. The molecule has 0 radical (unpaired) electrons. The fourth-order valence-electron chi connectivity index (χ4n) is 6.07. The Hall–Kier alpha value is -5.99. The average Bonchev–Trinajstić information content (AvgIpc) is 3.77. The van der Waals surface area contributed by atoms with Crippen LogP contribution in [-0.2, 0) is 16.9 Å². The van der Waals surface area contributed by atoms with Crippen LogP contribution in [0.5, 0.6) is 5.75 Å². The number of nitriles is 3. The Morgan fingerprint density at radius 3 is 2.26 bits per heavy atom. The normalized spacial score (nSPS) is 15.3. The van der Waals surface area contributed by atoms with E-state index in [9.17, 15) is 29.7 Å². The largest absolute Gasteiger partial charge is 0.488 e. The maximum absolute atomic E-state index is 14.4. The van der Waals surface area contributed by atoms with Crippen molar-refractivity contribution in [2.45, 2.75) is 51.7 Å². The molecule has 4 aromatic rings. The molecule has 0 fully saturated rings. The minimum atomic E-state index is -1.49. The molecule has 1 atom stereocenters. The number of aliphatic hydroxyl groups excluding tert-OH is 1. The number of benzene rings is 3. The zero-order chi connectivity index (χ0) is 38.5. The molecular weight excluding hydrogens is 703 g/mol. The highest BCUT2D eigenvalue weighted by atomic mass is 32.1. The van der Waals surface area contributed by atoms with Gasteiger partial charge in [-0.15, -0.1) is 11.3 Å². The number of nitrogens with zero attached hydrogens (tertiary/aromatic N) is 4. The molecule has 7 nitrogen and oxygen atoms in total. The van der Waals surface area contributed by atoms with Gasteiger partial charge in [0.1, 0.15) is 36.1 Å². The molecule has 54 heavy (non-hydrogen) atoms. The van der Waals surface area contributed by atoms with E-state index in [1.54, 1.807) is 31.2 Å². The van der Waals surface area contributed by atoms with E-state index in [0.29, 0.717) is 12.2 Å². The minimum absolute atomic E-state index is 0.0404. The number of hydrogen-bond donors (Lipinski definition) is 1. The lowest BCUT2D eigenvalue weighted by molar-refractivity contribution is 0.0751. The number of unbranched alkanes of at least 4 members (excludes halogenated alkanes) is 2. The number of hydrogen-bond acceptors (Lipinski definition) is 8. The first-order chi connectivity index (χ1) is 26.2. The summed E-state index contributed by atoms with van der Waals surface area (Å²) in [6, 6.07) is 29.0. The fourth-order valence-corrected chi connectivity index (χ4v) is 6.89. The molecule has 1 unspecified atom stereocenters. The lowest BCUT2D eigenvalue weighted by atomic mass is 9.86. The van der Waals surface area contributed by atoms with Crippen LogP contribution in [0.4, 0.5) is 14.5 Å². The van der Waals surface area contributed by atoms with E-state index >= 15 is 0 Å². The minimum Gasteiger partial charge on any atom is -0.488 e. The van der Waals surface area contributed by atoms with Crippen LogP contribution in [0.25, 0.3) is 18.2 Å². The van der Waals surface area contributed by atoms with Gasteiger partial charge in [-0.2, -0.15) is 15.8 Å². The summed E-state index contributed by atoms with van der Waals surface area (Å²) < 4.78 is 40.7. The molecule has 1 aliphatic heterocycles. The Bertz CT molecular complexity index is 2190. The standard InChI is InChI=1S/C44H40F2N4O3S/c1-3-4-22-50(23-8-9-24-51)35-15-12-32(42(26-35)52-30-31-10-6-5-7-11-31)13-16-36-17-18-37(54-36)19-20-39-38(29-49)43(33(27-47)28-48)53-44(39,2)34-14-21-40(45)41(46)25-34/h5-7,10-21,25-26,51H,3-4,8-9,22-24,30H2,1-2H3/b16-13+,20-19+. The number of anilines is 1. The highest BCUT2D eigenvalue weighted by Crippen LogP contribution is 2.47. The molecule has 5 rings (SSSR count). The predicted octanol–water partition coefficient (Wildman–Crippen LogP) is 10.2. The molecule has 10 heteroatoms. The van der Waals surface area contributed by atoms with Crippen molar-refractivity contribution in [3.63, 3.8) is 0 Å². The highest BCUT2D eigenvalue weighted by molar-refractivity contribution is 7.13. The van der Waals surface area contributed by atoms with Crippen molar-refractivity contribution in [1.82, 2.24) is 0 Å². The summed E-state index contributed by atoms with van der Waals surface area (Å²) in [5, 5.41) is 38.6. The van der Waals surface area contributed by atoms with E-state index in [1.165, 1.54) is 17.4 Å². The van der Waals surface area contributed by atoms with Crippen molar-refractivity contribution >= 4 is 35.3 Å². The molecular formula is C44H40F2N4O3S. The molecule has 3 aromatic carbocycles.